The van der Waals surface area contributed by atoms with E-state index in [9.17, 15) is 9.18 Å². The number of carbonyl (C=O) groups excluding carboxylic acids is 1. The molecule has 17 heavy (non-hydrogen) atoms. The first-order chi connectivity index (χ1) is 7.99. The van der Waals surface area contributed by atoms with Gasteiger partial charge < -0.3 is 15.2 Å². The molecule has 0 saturated carbocycles. The molecule has 6 heteroatoms. The molecule has 1 aromatic carbocycles. The maximum atomic E-state index is 12.8. The molecule has 0 unspecified atom stereocenters. The second kappa shape index (κ2) is 6.56. The molecule has 1 aromatic rings. The van der Waals surface area contributed by atoms with Crippen molar-refractivity contribution in [2.75, 3.05) is 13.2 Å². The summed E-state index contributed by atoms with van der Waals surface area (Å²) < 4.78 is 18.4. The van der Waals surface area contributed by atoms with Gasteiger partial charge in [0.2, 0.25) is 0 Å². The normalized spacial score (nSPS) is 12.0. The van der Waals surface area contributed by atoms with Crippen LogP contribution in [0.25, 0.3) is 0 Å². The zero-order valence-electron chi connectivity index (χ0n) is 9.24. The lowest BCUT2D eigenvalue weighted by atomic mass is 10.3. The summed E-state index contributed by atoms with van der Waals surface area (Å²) >= 11 is 3.12. The van der Waals surface area contributed by atoms with Gasteiger partial charge in [0, 0.05) is 6.54 Å². The van der Waals surface area contributed by atoms with E-state index in [0.29, 0.717) is 10.2 Å². The summed E-state index contributed by atoms with van der Waals surface area (Å²) in [6, 6.07) is 3.93. The van der Waals surface area contributed by atoms with Crippen molar-refractivity contribution < 1.29 is 19.0 Å². The Morgan fingerprint density at radius 3 is 2.94 bits per heavy atom. The summed E-state index contributed by atoms with van der Waals surface area (Å²) in [5.41, 5.74) is 0. The van der Waals surface area contributed by atoms with Crippen LogP contribution >= 0.6 is 15.9 Å². The molecule has 0 bridgehead atoms. The highest BCUT2D eigenvalue weighted by atomic mass is 79.9. The minimum absolute atomic E-state index is 0.173. The van der Waals surface area contributed by atoms with E-state index < -0.39 is 6.10 Å². The molecule has 1 amide bonds. The number of benzene rings is 1. The Morgan fingerprint density at radius 2 is 2.35 bits per heavy atom. The van der Waals surface area contributed by atoms with E-state index in [4.69, 9.17) is 9.84 Å². The lowest BCUT2D eigenvalue weighted by Gasteiger charge is -2.09. The first-order valence-corrected chi connectivity index (χ1v) is 5.81. The monoisotopic (exact) mass is 305 g/mol. The zero-order chi connectivity index (χ0) is 12.8. The van der Waals surface area contributed by atoms with Crippen LogP contribution in [0, 0.1) is 5.82 Å². The molecule has 0 fully saturated rings. The number of hydrogen-bond donors (Lipinski definition) is 2. The van der Waals surface area contributed by atoms with Gasteiger partial charge in [-0.1, -0.05) is 0 Å². The molecule has 0 aliphatic heterocycles. The lowest BCUT2D eigenvalue weighted by molar-refractivity contribution is -0.123. The Bertz CT molecular complexity index is 398. The van der Waals surface area contributed by atoms with Gasteiger partial charge in [-0.25, -0.2) is 4.39 Å². The third-order valence-corrected chi connectivity index (χ3v) is 2.47. The van der Waals surface area contributed by atoms with Gasteiger partial charge in [-0.3, -0.25) is 4.79 Å². The van der Waals surface area contributed by atoms with Gasteiger partial charge in [-0.2, -0.15) is 0 Å². The van der Waals surface area contributed by atoms with Gasteiger partial charge in [0.1, 0.15) is 11.6 Å². The molecular formula is C11H13BrFNO3. The van der Waals surface area contributed by atoms with Crippen LogP contribution in [0.2, 0.25) is 0 Å². The summed E-state index contributed by atoms with van der Waals surface area (Å²) in [6.45, 7) is 1.56. The number of aliphatic hydroxyl groups is 1. The first-order valence-electron chi connectivity index (χ1n) is 5.01. The van der Waals surface area contributed by atoms with Crippen molar-refractivity contribution in [1.29, 1.82) is 0 Å². The van der Waals surface area contributed by atoms with Gasteiger partial charge in [-0.05, 0) is 41.1 Å². The number of nitrogens with one attached hydrogen (secondary N) is 1. The molecule has 1 rings (SSSR count). The van der Waals surface area contributed by atoms with Crippen molar-refractivity contribution in [3.8, 4) is 5.75 Å². The number of ether oxygens (including phenoxy) is 1. The first kappa shape index (κ1) is 13.9. The molecule has 94 valence electrons. The Balaban J connectivity index is 2.42. The van der Waals surface area contributed by atoms with Crippen LogP contribution in [-0.2, 0) is 4.79 Å². The fourth-order valence-corrected chi connectivity index (χ4v) is 1.51. The topological polar surface area (TPSA) is 58.6 Å². The maximum absolute atomic E-state index is 12.8. The Morgan fingerprint density at radius 1 is 1.65 bits per heavy atom. The molecule has 2 N–H and O–H groups in total. The fourth-order valence-electron chi connectivity index (χ4n) is 1.05. The van der Waals surface area contributed by atoms with E-state index in [1.165, 1.54) is 18.2 Å². The van der Waals surface area contributed by atoms with Crippen LogP contribution in [0.15, 0.2) is 22.7 Å². The number of aliphatic hydroxyl groups excluding tert-OH is 1. The highest BCUT2D eigenvalue weighted by Gasteiger charge is 2.07. The minimum Gasteiger partial charge on any atom is -0.483 e. The standard InChI is InChI=1S/C11H13BrFNO3/c1-7(15)5-14-11(16)6-17-10-3-2-8(13)4-9(10)12/h2-4,7,15H,5-6H2,1H3,(H,14,16)/t7-/m0/s1. The van der Waals surface area contributed by atoms with Crippen molar-refractivity contribution in [1.82, 2.24) is 5.32 Å². The number of halogens is 2. The molecular weight excluding hydrogens is 293 g/mol. The second-order valence-electron chi connectivity index (χ2n) is 3.52. The van der Waals surface area contributed by atoms with Gasteiger partial charge >= 0.3 is 0 Å². The van der Waals surface area contributed by atoms with Gasteiger partial charge in [0.25, 0.3) is 5.91 Å². The summed E-state index contributed by atoms with van der Waals surface area (Å²) in [4.78, 5) is 11.3. The third-order valence-electron chi connectivity index (χ3n) is 1.85. The highest BCUT2D eigenvalue weighted by molar-refractivity contribution is 9.10. The average molecular weight is 306 g/mol. The molecule has 0 heterocycles. The summed E-state index contributed by atoms with van der Waals surface area (Å²) in [7, 11) is 0. The van der Waals surface area contributed by atoms with E-state index in [1.54, 1.807) is 6.92 Å². The van der Waals surface area contributed by atoms with Gasteiger partial charge in [-0.15, -0.1) is 0 Å². The SMILES string of the molecule is C[C@H](O)CNC(=O)COc1ccc(F)cc1Br. The van der Waals surface area contributed by atoms with Crippen LogP contribution in [0.1, 0.15) is 6.92 Å². The molecule has 0 radical (unpaired) electrons. The maximum Gasteiger partial charge on any atom is 0.258 e. The molecule has 1 atom stereocenters. The second-order valence-corrected chi connectivity index (χ2v) is 4.37. The third kappa shape index (κ3) is 5.14. The van der Waals surface area contributed by atoms with E-state index in [0.717, 1.165) is 0 Å². The van der Waals surface area contributed by atoms with E-state index >= 15 is 0 Å². The average Bonchev–Trinajstić information content (AvgIpc) is 2.25. The van der Waals surface area contributed by atoms with E-state index in [1.807, 2.05) is 0 Å². The lowest BCUT2D eigenvalue weighted by Crippen LogP contribution is -2.34. The van der Waals surface area contributed by atoms with Crippen LogP contribution in [0.3, 0.4) is 0 Å². The van der Waals surface area contributed by atoms with E-state index in [-0.39, 0.29) is 24.9 Å². The van der Waals surface area contributed by atoms with Crippen LogP contribution in [0.5, 0.6) is 5.75 Å². The molecule has 0 spiro atoms. The fraction of sp³-hybridized carbons (Fsp3) is 0.364. The molecule has 0 aromatic heterocycles. The number of amides is 1. The van der Waals surface area contributed by atoms with Crippen LogP contribution in [0.4, 0.5) is 4.39 Å². The van der Waals surface area contributed by atoms with Crippen molar-refractivity contribution in [3.05, 3.63) is 28.5 Å². The van der Waals surface area contributed by atoms with Gasteiger partial charge in [0.15, 0.2) is 6.61 Å². The summed E-state index contributed by atoms with van der Waals surface area (Å²) in [5, 5.41) is 11.4. The number of rotatable bonds is 5. The van der Waals surface area contributed by atoms with Crippen LogP contribution in [-0.4, -0.2) is 30.3 Å². The Hall–Kier alpha value is -1.14. The van der Waals surface area contributed by atoms with Crippen LogP contribution < -0.4 is 10.1 Å². The molecule has 0 aliphatic rings. The Labute approximate surface area is 107 Å². The molecule has 0 saturated heterocycles. The van der Waals surface area contributed by atoms with Crippen molar-refractivity contribution in [3.63, 3.8) is 0 Å². The largest absolute Gasteiger partial charge is 0.483 e. The highest BCUT2D eigenvalue weighted by Crippen LogP contribution is 2.25. The quantitative estimate of drug-likeness (QED) is 0.866. The smallest absolute Gasteiger partial charge is 0.258 e. The number of carbonyl (C=O) groups is 1. The van der Waals surface area contributed by atoms with E-state index in [2.05, 4.69) is 21.2 Å². The van der Waals surface area contributed by atoms with Crippen molar-refractivity contribution >= 4 is 21.8 Å². The number of hydrogen-bond acceptors (Lipinski definition) is 3. The molecule has 0 aliphatic carbocycles. The molecule has 4 nitrogen and oxygen atoms in total. The minimum atomic E-state index is -0.600. The summed E-state index contributed by atoms with van der Waals surface area (Å²) in [6.07, 6.45) is -0.600. The Kier molecular flexibility index (Phi) is 5.37. The predicted molar refractivity (Wildman–Crippen MR) is 64.3 cm³/mol. The van der Waals surface area contributed by atoms with Crippen molar-refractivity contribution in [2.24, 2.45) is 0 Å². The predicted octanol–water partition coefficient (Wildman–Crippen LogP) is 1.46. The van der Waals surface area contributed by atoms with Gasteiger partial charge in [0.05, 0.1) is 10.6 Å². The summed E-state index contributed by atoms with van der Waals surface area (Å²) in [5.74, 6) is -0.344. The zero-order valence-corrected chi connectivity index (χ0v) is 10.8. The van der Waals surface area contributed by atoms with Crippen molar-refractivity contribution in [2.45, 2.75) is 13.0 Å².